The summed E-state index contributed by atoms with van der Waals surface area (Å²) in [6.07, 6.45) is 4.07. The summed E-state index contributed by atoms with van der Waals surface area (Å²) >= 11 is 0. The van der Waals surface area contributed by atoms with Crippen LogP contribution in [0.15, 0.2) is 12.1 Å². The van der Waals surface area contributed by atoms with E-state index in [1.807, 2.05) is 12.1 Å². The monoisotopic (exact) mass is 228 g/mol. The number of aromatic nitrogens is 1. The molecule has 0 radical (unpaired) electrons. The summed E-state index contributed by atoms with van der Waals surface area (Å²) in [7, 11) is 0. The summed E-state index contributed by atoms with van der Waals surface area (Å²) in [6, 6.07) is 5.76. The second-order valence-corrected chi connectivity index (χ2v) is 5.08. The predicted octanol–water partition coefficient (Wildman–Crippen LogP) is 1.77. The fraction of sp³-hybridized carbons (Fsp3) is 0.538. The molecule has 17 heavy (non-hydrogen) atoms. The van der Waals surface area contributed by atoms with Gasteiger partial charge in [-0.2, -0.15) is 5.26 Å². The first kappa shape index (κ1) is 10.4. The molecule has 2 heterocycles. The Morgan fingerprint density at radius 2 is 2.00 bits per heavy atom. The van der Waals surface area contributed by atoms with Crippen molar-refractivity contribution in [2.24, 2.45) is 11.8 Å². The van der Waals surface area contributed by atoms with Gasteiger partial charge in [0, 0.05) is 13.1 Å². The molecule has 2 unspecified atom stereocenters. The number of rotatable bonds is 1. The van der Waals surface area contributed by atoms with E-state index in [9.17, 15) is 0 Å². The van der Waals surface area contributed by atoms with Crippen LogP contribution in [0.5, 0.6) is 0 Å². The largest absolute Gasteiger partial charge is 0.396 e. The Kier molecular flexibility index (Phi) is 2.40. The maximum Gasteiger partial charge on any atom is 0.165 e. The second kappa shape index (κ2) is 3.92. The predicted molar refractivity (Wildman–Crippen MR) is 66.4 cm³/mol. The molecule has 1 saturated heterocycles. The number of nitriles is 1. The molecule has 1 aromatic heterocycles. The maximum atomic E-state index is 8.94. The molecule has 2 aliphatic rings. The number of anilines is 2. The Labute approximate surface area is 101 Å². The highest BCUT2D eigenvalue weighted by molar-refractivity contribution is 5.55. The zero-order valence-electron chi connectivity index (χ0n) is 9.76. The summed E-state index contributed by atoms with van der Waals surface area (Å²) in [6.45, 7) is 2.18. The van der Waals surface area contributed by atoms with Crippen molar-refractivity contribution in [1.82, 2.24) is 4.98 Å². The SMILES string of the molecule is N#Cc1nc(N2CC3CCCC3C2)ccc1N. The lowest BCUT2D eigenvalue weighted by atomic mass is 10.0. The van der Waals surface area contributed by atoms with E-state index in [1.54, 1.807) is 6.07 Å². The minimum absolute atomic E-state index is 0.347. The van der Waals surface area contributed by atoms with Crippen LogP contribution >= 0.6 is 0 Å². The van der Waals surface area contributed by atoms with Crippen LogP contribution in [0, 0.1) is 23.2 Å². The first-order valence-corrected chi connectivity index (χ1v) is 6.19. The Bertz CT molecular complexity index is 465. The first-order valence-electron chi connectivity index (χ1n) is 6.19. The van der Waals surface area contributed by atoms with Gasteiger partial charge >= 0.3 is 0 Å². The first-order chi connectivity index (χ1) is 8.28. The number of nitrogens with two attached hydrogens (primary N) is 1. The highest BCUT2D eigenvalue weighted by Crippen LogP contribution is 2.39. The Balaban J connectivity index is 1.84. The van der Waals surface area contributed by atoms with Crippen molar-refractivity contribution < 1.29 is 0 Å². The minimum Gasteiger partial charge on any atom is -0.396 e. The van der Waals surface area contributed by atoms with Crippen LogP contribution in [-0.2, 0) is 0 Å². The summed E-state index contributed by atoms with van der Waals surface area (Å²) < 4.78 is 0. The van der Waals surface area contributed by atoms with Gasteiger partial charge < -0.3 is 10.6 Å². The fourth-order valence-electron chi connectivity index (χ4n) is 3.15. The van der Waals surface area contributed by atoms with E-state index in [0.717, 1.165) is 30.7 Å². The summed E-state index contributed by atoms with van der Waals surface area (Å²) in [4.78, 5) is 6.64. The molecule has 0 amide bonds. The van der Waals surface area contributed by atoms with E-state index in [-0.39, 0.29) is 0 Å². The van der Waals surface area contributed by atoms with Gasteiger partial charge in [-0.25, -0.2) is 4.98 Å². The molecule has 3 rings (SSSR count). The van der Waals surface area contributed by atoms with E-state index in [2.05, 4.69) is 9.88 Å². The molecule has 0 aromatic carbocycles. The highest BCUT2D eigenvalue weighted by Gasteiger charge is 2.36. The smallest absolute Gasteiger partial charge is 0.165 e. The topological polar surface area (TPSA) is 65.9 Å². The molecule has 4 nitrogen and oxygen atoms in total. The number of nitrogens with zero attached hydrogens (tertiary/aromatic N) is 3. The third kappa shape index (κ3) is 1.72. The Hall–Kier alpha value is -1.76. The van der Waals surface area contributed by atoms with Crippen LogP contribution in [-0.4, -0.2) is 18.1 Å². The molecule has 0 bridgehead atoms. The molecule has 2 atom stereocenters. The van der Waals surface area contributed by atoms with Crippen LogP contribution in [0.2, 0.25) is 0 Å². The van der Waals surface area contributed by atoms with E-state index < -0.39 is 0 Å². The van der Waals surface area contributed by atoms with Gasteiger partial charge in [0.2, 0.25) is 0 Å². The lowest BCUT2D eigenvalue weighted by molar-refractivity contribution is 0.494. The van der Waals surface area contributed by atoms with Crippen molar-refractivity contribution in [1.29, 1.82) is 5.26 Å². The van der Waals surface area contributed by atoms with Gasteiger partial charge in [-0.3, -0.25) is 0 Å². The van der Waals surface area contributed by atoms with Crippen LogP contribution in [0.4, 0.5) is 11.5 Å². The number of fused-ring (bicyclic) bond motifs is 1. The van der Waals surface area contributed by atoms with Gasteiger partial charge in [0.1, 0.15) is 11.9 Å². The maximum absolute atomic E-state index is 8.94. The molecule has 2 N–H and O–H groups in total. The highest BCUT2D eigenvalue weighted by atomic mass is 15.2. The van der Waals surface area contributed by atoms with Crippen molar-refractivity contribution in [3.8, 4) is 6.07 Å². The molecule has 0 spiro atoms. The molecule has 1 aliphatic carbocycles. The average molecular weight is 228 g/mol. The minimum atomic E-state index is 0.347. The molecule has 1 saturated carbocycles. The second-order valence-electron chi connectivity index (χ2n) is 5.08. The zero-order valence-corrected chi connectivity index (χ0v) is 9.76. The van der Waals surface area contributed by atoms with Crippen molar-refractivity contribution in [3.05, 3.63) is 17.8 Å². The normalized spacial score (nSPS) is 26.9. The van der Waals surface area contributed by atoms with Gasteiger partial charge in [0.25, 0.3) is 0 Å². The summed E-state index contributed by atoms with van der Waals surface area (Å²) in [5.74, 6) is 2.57. The zero-order chi connectivity index (χ0) is 11.8. The Morgan fingerprint density at radius 3 is 2.65 bits per heavy atom. The fourth-order valence-corrected chi connectivity index (χ4v) is 3.15. The van der Waals surface area contributed by atoms with Gasteiger partial charge in [-0.05, 0) is 36.8 Å². The molecule has 4 heteroatoms. The number of nitrogen functional groups attached to an aromatic ring is 1. The third-order valence-electron chi connectivity index (χ3n) is 4.07. The van der Waals surface area contributed by atoms with Crippen molar-refractivity contribution in [3.63, 3.8) is 0 Å². The molecular formula is C13H16N4. The number of hydrogen-bond acceptors (Lipinski definition) is 4. The molecule has 2 fully saturated rings. The van der Waals surface area contributed by atoms with Crippen molar-refractivity contribution in [2.75, 3.05) is 23.7 Å². The lowest BCUT2D eigenvalue weighted by Gasteiger charge is -2.18. The van der Waals surface area contributed by atoms with Gasteiger partial charge in [0.15, 0.2) is 5.69 Å². The van der Waals surface area contributed by atoms with Gasteiger partial charge in [-0.15, -0.1) is 0 Å². The van der Waals surface area contributed by atoms with Crippen LogP contribution < -0.4 is 10.6 Å². The van der Waals surface area contributed by atoms with E-state index >= 15 is 0 Å². The van der Waals surface area contributed by atoms with Gasteiger partial charge in [0.05, 0.1) is 5.69 Å². The summed E-state index contributed by atoms with van der Waals surface area (Å²) in [5.41, 5.74) is 6.50. The number of hydrogen-bond donors (Lipinski definition) is 1. The van der Waals surface area contributed by atoms with Crippen molar-refractivity contribution in [2.45, 2.75) is 19.3 Å². The molecule has 88 valence electrons. The molecular weight excluding hydrogens is 212 g/mol. The molecule has 1 aliphatic heterocycles. The van der Waals surface area contributed by atoms with E-state index in [1.165, 1.54) is 19.3 Å². The number of pyridine rings is 1. The quantitative estimate of drug-likeness (QED) is 0.795. The van der Waals surface area contributed by atoms with Crippen molar-refractivity contribution >= 4 is 11.5 Å². The summed E-state index contributed by atoms with van der Waals surface area (Å²) in [5, 5.41) is 8.94. The van der Waals surface area contributed by atoms with Crippen LogP contribution in [0.1, 0.15) is 25.0 Å². The van der Waals surface area contributed by atoms with Crippen LogP contribution in [0.25, 0.3) is 0 Å². The third-order valence-corrected chi connectivity index (χ3v) is 4.07. The van der Waals surface area contributed by atoms with Crippen LogP contribution in [0.3, 0.4) is 0 Å². The van der Waals surface area contributed by atoms with E-state index in [4.69, 9.17) is 11.0 Å². The van der Waals surface area contributed by atoms with E-state index in [0.29, 0.717) is 11.4 Å². The van der Waals surface area contributed by atoms with Gasteiger partial charge in [-0.1, -0.05) is 6.42 Å². The average Bonchev–Trinajstić information content (AvgIpc) is 2.90. The standard InChI is InChI=1S/C13H16N4/c14-6-12-11(15)4-5-13(16-12)17-7-9-2-1-3-10(9)8-17/h4-5,9-10H,1-3,7-8,15H2. The Morgan fingerprint density at radius 1 is 1.29 bits per heavy atom. The molecule has 1 aromatic rings. The lowest BCUT2D eigenvalue weighted by Crippen LogP contribution is -2.22.